The van der Waals surface area contributed by atoms with Crippen molar-refractivity contribution in [2.45, 2.75) is 26.7 Å². The molecule has 122 valence electrons. The van der Waals surface area contributed by atoms with Crippen LogP contribution >= 0.6 is 12.2 Å². The van der Waals surface area contributed by atoms with Crippen molar-refractivity contribution in [2.24, 2.45) is 0 Å². The van der Waals surface area contributed by atoms with E-state index in [9.17, 15) is 0 Å². The summed E-state index contributed by atoms with van der Waals surface area (Å²) in [6.07, 6.45) is 2.01. The number of rotatable bonds is 7. The van der Waals surface area contributed by atoms with Gasteiger partial charge in [-0.2, -0.15) is 0 Å². The zero-order chi connectivity index (χ0) is 16.5. The molecule has 0 spiro atoms. The summed E-state index contributed by atoms with van der Waals surface area (Å²) in [6.45, 7) is 5.72. The number of aryl methyl sites for hydroxylation is 2. The van der Waals surface area contributed by atoms with Crippen LogP contribution in [0.15, 0.2) is 48.5 Å². The fourth-order valence-corrected chi connectivity index (χ4v) is 2.38. The Kier molecular flexibility index (Phi) is 6.88. The van der Waals surface area contributed by atoms with Gasteiger partial charge < -0.3 is 15.4 Å². The molecule has 0 saturated carbocycles. The molecule has 4 heteroatoms. The first-order valence-electron chi connectivity index (χ1n) is 7.95. The van der Waals surface area contributed by atoms with E-state index in [4.69, 9.17) is 17.0 Å². The van der Waals surface area contributed by atoms with Gasteiger partial charge in [0.1, 0.15) is 5.75 Å². The molecule has 2 aromatic carbocycles. The summed E-state index contributed by atoms with van der Waals surface area (Å²) in [5, 5.41) is 7.17. The summed E-state index contributed by atoms with van der Waals surface area (Å²) >= 11 is 5.34. The van der Waals surface area contributed by atoms with E-state index in [1.165, 1.54) is 11.1 Å². The van der Waals surface area contributed by atoms with Gasteiger partial charge in [-0.25, -0.2) is 0 Å². The van der Waals surface area contributed by atoms with E-state index < -0.39 is 0 Å². The van der Waals surface area contributed by atoms with Gasteiger partial charge >= 0.3 is 0 Å². The number of thiocarbonyl (C=S) groups is 1. The van der Waals surface area contributed by atoms with E-state index in [-0.39, 0.29) is 0 Å². The smallest absolute Gasteiger partial charge is 0.170 e. The Hall–Kier alpha value is -2.07. The number of ether oxygens (including phenoxy) is 1. The minimum absolute atomic E-state index is 0.669. The van der Waals surface area contributed by atoms with Gasteiger partial charge in [0.15, 0.2) is 5.11 Å². The van der Waals surface area contributed by atoms with Crippen molar-refractivity contribution >= 4 is 23.0 Å². The highest BCUT2D eigenvalue weighted by atomic mass is 32.1. The minimum atomic E-state index is 0.669. The van der Waals surface area contributed by atoms with Gasteiger partial charge in [-0.1, -0.05) is 30.3 Å². The average Bonchev–Trinajstić information content (AvgIpc) is 2.55. The average molecular weight is 328 g/mol. The molecule has 0 atom stereocenters. The molecule has 3 nitrogen and oxygen atoms in total. The minimum Gasteiger partial charge on any atom is -0.494 e. The van der Waals surface area contributed by atoms with Crippen molar-refractivity contribution in [2.75, 3.05) is 18.5 Å². The Morgan fingerprint density at radius 1 is 1.04 bits per heavy atom. The molecule has 0 aliphatic carbocycles. The van der Waals surface area contributed by atoms with Gasteiger partial charge in [0, 0.05) is 12.2 Å². The van der Waals surface area contributed by atoms with E-state index in [1.54, 1.807) is 0 Å². The number of anilines is 1. The summed E-state index contributed by atoms with van der Waals surface area (Å²) in [4.78, 5) is 0. The number of benzene rings is 2. The van der Waals surface area contributed by atoms with Crippen LogP contribution in [-0.4, -0.2) is 18.3 Å². The second kappa shape index (κ2) is 9.16. The zero-order valence-corrected chi connectivity index (χ0v) is 14.6. The molecule has 0 radical (unpaired) electrons. The third-order valence-electron chi connectivity index (χ3n) is 3.51. The van der Waals surface area contributed by atoms with Crippen LogP contribution in [-0.2, 0) is 0 Å². The fraction of sp³-hybridized carbons (Fsp3) is 0.316. The van der Waals surface area contributed by atoms with Crippen LogP contribution in [0, 0.1) is 13.8 Å². The van der Waals surface area contributed by atoms with Crippen LogP contribution in [0.5, 0.6) is 5.75 Å². The molecule has 0 amide bonds. The van der Waals surface area contributed by atoms with Crippen LogP contribution in [0.1, 0.15) is 24.0 Å². The first kappa shape index (κ1) is 17.3. The quantitative estimate of drug-likeness (QED) is 0.581. The van der Waals surface area contributed by atoms with Gasteiger partial charge in [-0.15, -0.1) is 0 Å². The van der Waals surface area contributed by atoms with Crippen LogP contribution in [0.25, 0.3) is 0 Å². The lowest BCUT2D eigenvalue weighted by molar-refractivity contribution is 0.307. The zero-order valence-electron chi connectivity index (χ0n) is 13.8. The number of hydrogen-bond acceptors (Lipinski definition) is 2. The van der Waals surface area contributed by atoms with E-state index in [1.807, 2.05) is 30.3 Å². The number of hydrogen-bond donors (Lipinski definition) is 2. The largest absolute Gasteiger partial charge is 0.494 e. The van der Waals surface area contributed by atoms with E-state index in [2.05, 4.69) is 42.7 Å². The summed E-state index contributed by atoms with van der Waals surface area (Å²) in [7, 11) is 0. The number of unbranched alkanes of at least 4 members (excludes halogenated alkanes) is 1. The standard InChI is InChI=1S/C19H24N2OS/c1-15-10-11-16(2)18(14-15)21-19(23)20-12-6-7-13-22-17-8-4-3-5-9-17/h3-5,8-11,14H,6-7,12-13H2,1-2H3,(H2,20,21,23). The molecule has 2 aromatic rings. The Labute approximate surface area is 144 Å². The van der Waals surface area contributed by atoms with E-state index in [0.29, 0.717) is 5.11 Å². The molecule has 0 bridgehead atoms. The van der Waals surface area contributed by atoms with Crippen molar-refractivity contribution in [3.8, 4) is 5.75 Å². The molecule has 0 saturated heterocycles. The van der Waals surface area contributed by atoms with Crippen molar-refractivity contribution in [3.63, 3.8) is 0 Å². The molecule has 0 heterocycles. The van der Waals surface area contributed by atoms with Gasteiger partial charge in [-0.05, 0) is 68.2 Å². The molecule has 0 aliphatic rings. The molecular weight excluding hydrogens is 304 g/mol. The topological polar surface area (TPSA) is 33.3 Å². The van der Waals surface area contributed by atoms with Gasteiger partial charge in [0.05, 0.1) is 6.61 Å². The second-order valence-electron chi connectivity index (χ2n) is 5.57. The predicted molar refractivity (Wildman–Crippen MR) is 101 cm³/mol. The Morgan fingerprint density at radius 3 is 2.61 bits per heavy atom. The monoisotopic (exact) mass is 328 g/mol. The van der Waals surface area contributed by atoms with E-state index in [0.717, 1.165) is 37.4 Å². The van der Waals surface area contributed by atoms with Crippen LogP contribution in [0.2, 0.25) is 0 Å². The van der Waals surface area contributed by atoms with E-state index >= 15 is 0 Å². The summed E-state index contributed by atoms with van der Waals surface area (Å²) < 4.78 is 5.66. The number of nitrogens with one attached hydrogen (secondary N) is 2. The molecule has 2 rings (SSSR count). The maximum absolute atomic E-state index is 5.66. The van der Waals surface area contributed by atoms with Crippen molar-refractivity contribution < 1.29 is 4.74 Å². The number of para-hydroxylation sites is 1. The van der Waals surface area contributed by atoms with Crippen molar-refractivity contribution in [1.82, 2.24) is 5.32 Å². The lowest BCUT2D eigenvalue weighted by atomic mass is 10.1. The molecule has 23 heavy (non-hydrogen) atoms. The normalized spacial score (nSPS) is 10.2. The highest BCUT2D eigenvalue weighted by molar-refractivity contribution is 7.80. The van der Waals surface area contributed by atoms with Gasteiger partial charge in [0.25, 0.3) is 0 Å². The SMILES string of the molecule is Cc1ccc(C)c(NC(=S)NCCCCOc2ccccc2)c1. The predicted octanol–water partition coefficient (Wildman–Crippen LogP) is 4.45. The highest BCUT2D eigenvalue weighted by Gasteiger charge is 2.01. The summed E-state index contributed by atoms with van der Waals surface area (Å²) in [5.41, 5.74) is 3.48. The lowest BCUT2D eigenvalue weighted by Gasteiger charge is -2.13. The Bertz CT molecular complexity index is 629. The third-order valence-corrected chi connectivity index (χ3v) is 3.76. The molecule has 0 unspecified atom stereocenters. The Morgan fingerprint density at radius 2 is 1.83 bits per heavy atom. The van der Waals surface area contributed by atoms with Gasteiger partial charge in [0.2, 0.25) is 0 Å². The van der Waals surface area contributed by atoms with Crippen LogP contribution < -0.4 is 15.4 Å². The molecular formula is C19H24N2OS. The molecule has 0 aromatic heterocycles. The van der Waals surface area contributed by atoms with Crippen molar-refractivity contribution in [3.05, 3.63) is 59.7 Å². The molecule has 0 aliphatic heterocycles. The lowest BCUT2D eigenvalue weighted by Crippen LogP contribution is -2.29. The van der Waals surface area contributed by atoms with Crippen LogP contribution in [0.3, 0.4) is 0 Å². The molecule has 0 fully saturated rings. The van der Waals surface area contributed by atoms with Crippen molar-refractivity contribution in [1.29, 1.82) is 0 Å². The van der Waals surface area contributed by atoms with Crippen LogP contribution in [0.4, 0.5) is 5.69 Å². The second-order valence-corrected chi connectivity index (χ2v) is 5.98. The molecule has 2 N–H and O–H groups in total. The summed E-state index contributed by atoms with van der Waals surface area (Å²) in [6, 6.07) is 16.2. The fourth-order valence-electron chi connectivity index (χ4n) is 2.17. The first-order valence-corrected chi connectivity index (χ1v) is 8.36. The third kappa shape index (κ3) is 6.28. The summed E-state index contributed by atoms with van der Waals surface area (Å²) in [5.74, 6) is 0.924. The Balaban J connectivity index is 1.60. The highest BCUT2D eigenvalue weighted by Crippen LogP contribution is 2.16. The maximum Gasteiger partial charge on any atom is 0.170 e. The first-order chi connectivity index (χ1) is 11.1. The maximum atomic E-state index is 5.66. The van der Waals surface area contributed by atoms with Gasteiger partial charge in [-0.3, -0.25) is 0 Å².